The van der Waals surface area contributed by atoms with E-state index >= 15 is 0 Å². The van der Waals surface area contributed by atoms with Gasteiger partial charge < -0.3 is 19.8 Å². The molecule has 148 valence electrons. The molecule has 0 aliphatic carbocycles. The number of aromatic nitrogens is 2. The molecule has 1 fully saturated rings. The summed E-state index contributed by atoms with van der Waals surface area (Å²) in [5, 5.41) is 15.1. The Hall–Kier alpha value is -2.87. The van der Waals surface area contributed by atoms with Crippen LogP contribution in [0.5, 0.6) is 0 Å². The minimum atomic E-state index is -0.678. The molecule has 1 saturated heterocycles. The number of nitrogens with zero attached hydrogens (tertiary/aromatic N) is 5. The number of carbonyl (C=O) groups excluding carboxylic acids is 2. The Morgan fingerprint density at radius 2 is 1.96 bits per heavy atom. The Labute approximate surface area is 163 Å². The molecule has 0 spiro atoms. The summed E-state index contributed by atoms with van der Waals surface area (Å²) in [6, 6.07) is 11.6. The van der Waals surface area contributed by atoms with Crippen LogP contribution in [0.15, 0.2) is 36.4 Å². The van der Waals surface area contributed by atoms with Crippen molar-refractivity contribution in [3.8, 4) is 0 Å². The minimum Gasteiger partial charge on any atom is -0.386 e. The molecule has 1 aromatic heterocycles. The molecule has 8 heteroatoms. The Bertz CT molecular complexity index is 866. The van der Waals surface area contributed by atoms with Gasteiger partial charge in [0.05, 0.1) is 24.5 Å². The molecular formula is C20H25N5O3. The summed E-state index contributed by atoms with van der Waals surface area (Å²) < 4.78 is 1.86. The largest absolute Gasteiger partial charge is 0.386 e. The van der Waals surface area contributed by atoms with Gasteiger partial charge in [0.1, 0.15) is 12.6 Å². The van der Waals surface area contributed by atoms with Gasteiger partial charge in [-0.05, 0) is 11.6 Å². The van der Waals surface area contributed by atoms with Crippen molar-refractivity contribution in [2.75, 3.05) is 33.2 Å². The lowest BCUT2D eigenvalue weighted by Gasteiger charge is -2.29. The van der Waals surface area contributed by atoms with Crippen LogP contribution in [-0.2, 0) is 24.3 Å². The molecule has 1 N–H and O–H groups in total. The van der Waals surface area contributed by atoms with Gasteiger partial charge in [0.2, 0.25) is 5.91 Å². The Kier molecular flexibility index (Phi) is 5.04. The fourth-order valence-electron chi connectivity index (χ4n) is 3.72. The number of carbonyl (C=O) groups is 2. The van der Waals surface area contributed by atoms with Gasteiger partial charge in [0.15, 0.2) is 0 Å². The molecule has 1 atom stereocenters. The molecular weight excluding hydrogens is 358 g/mol. The van der Waals surface area contributed by atoms with E-state index in [4.69, 9.17) is 0 Å². The summed E-state index contributed by atoms with van der Waals surface area (Å²) >= 11 is 0. The van der Waals surface area contributed by atoms with E-state index in [1.54, 1.807) is 21.7 Å². The Morgan fingerprint density at radius 1 is 1.18 bits per heavy atom. The van der Waals surface area contributed by atoms with Crippen molar-refractivity contribution in [1.29, 1.82) is 0 Å². The molecule has 2 aliphatic rings. The van der Waals surface area contributed by atoms with Gasteiger partial charge >= 0.3 is 6.03 Å². The van der Waals surface area contributed by atoms with Crippen LogP contribution >= 0.6 is 0 Å². The number of aliphatic hydroxyl groups excluding tert-OH is 1. The monoisotopic (exact) mass is 383 g/mol. The molecule has 3 amide bonds. The molecule has 0 radical (unpaired) electrons. The SMILES string of the molecule is CN1CCN(CC(=O)N2CCn3nc(C(O)Cc4ccccc4)cc3C2)C1=O. The third-order valence-corrected chi connectivity index (χ3v) is 5.41. The third kappa shape index (κ3) is 3.73. The lowest BCUT2D eigenvalue weighted by molar-refractivity contribution is -0.133. The van der Waals surface area contributed by atoms with Crippen LogP contribution in [0.25, 0.3) is 0 Å². The number of likely N-dealkylation sites (N-methyl/N-ethyl adjacent to an activating group) is 1. The van der Waals surface area contributed by atoms with Crippen LogP contribution in [0, 0.1) is 0 Å². The zero-order chi connectivity index (χ0) is 19.7. The summed E-state index contributed by atoms with van der Waals surface area (Å²) in [5.41, 5.74) is 2.59. The molecule has 1 unspecified atom stereocenters. The topological polar surface area (TPSA) is 81.9 Å². The lowest BCUT2D eigenvalue weighted by atomic mass is 10.1. The van der Waals surface area contributed by atoms with Crippen LogP contribution < -0.4 is 0 Å². The number of amides is 3. The fraction of sp³-hybridized carbons (Fsp3) is 0.450. The first kappa shape index (κ1) is 18.5. The maximum absolute atomic E-state index is 12.6. The average Bonchev–Trinajstić information content (AvgIpc) is 3.27. The molecule has 1 aromatic carbocycles. The van der Waals surface area contributed by atoms with E-state index in [1.807, 2.05) is 41.1 Å². The standard InChI is InChI=1S/C20H25N5O3/c1-22-7-8-24(20(22)28)14-19(27)23-9-10-25-16(13-23)12-17(21-25)18(26)11-15-5-3-2-4-6-15/h2-6,12,18,26H,7-11,13-14H2,1H3. The van der Waals surface area contributed by atoms with Crippen molar-refractivity contribution in [2.24, 2.45) is 0 Å². The summed E-state index contributed by atoms with van der Waals surface area (Å²) in [4.78, 5) is 29.6. The Balaban J connectivity index is 1.39. The first-order valence-electron chi connectivity index (χ1n) is 9.57. The zero-order valence-electron chi connectivity index (χ0n) is 16.0. The second-order valence-electron chi connectivity index (χ2n) is 7.43. The van der Waals surface area contributed by atoms with Crippen molar-refractivity contribution in [1.82, 2.24) is 24.5 Å². The van der Waals surface area contributed by atoms with E-state index < -0.39 is 6.10 Å². The first-order valence-corrected chi connectivity index (χ1v) is 9.57. The van der Waals surface area contributed by atoms with Gasteiger partial charge in [0.25, 0.3) is 0 Å². The zero-order valence-corrected chi connectivity index (χ0v) is 16.0. The number of urea groups is 1. The van der Waals surface area contributed by atoms with E-state index in [9.17, 15) is 14.7 Å². The second-order valence-corrected chi connectivity index (χ2v) is 7.43. The van der Waals surface area contributed by atoms with Gasteiger partial charge in [-0.3, -0.25) is 9.48 Å². The Morgan fingerprint density at radius 3 is 2.68 bits per heavy atom. The summed E-state index contributed by atoms with van der Waals surface area (Å²) in [5.74, 6) is -0.0533. The number of fused-ring (bicyclic) bond motifs is 1. The van der Waals surface area contributed by atoms with E-state index in [0.717, 1.165) is 11.3 Å². The van der Waals surface area contributed by atoms with Gasteiger partial charge in [-0.25, -0.2) is 4.79 Å². The van der Waals surface area contributed by atoms with E-state index in [-0.39, 0.29) is 18.5 Å². The number of hydrogen-bond donors (Lipinski definition) is 1. The van der Waals surface area contributed by atoms with Crippen molar-refractivity contribution >= 4 is 11.9 Å². The number of rotatable bonds is 5. The smallest absolute Gasteiger partial charge is 0.320 e. The van der Waals surface area contributed by atoms with Gasteiger partial charge in [-0.1, -0.05) is 30.3 Å². The highest BCUT2D eigenvalue weighted by molar-refractivity contribution is 5.85. The highest BCUT2D eigenvalue weighted by atomic mass is 16.3. The van der Waals surface area contributed by atoms with E-state index in [1.165, 1.54) is 0 Å². The lowest BCUT2D eigenvalue weighted by Crippen LogP contribution is -2.44. The molecule has 0 bridgehead atoms. The summed E-state index contributed by atoms with van der Waals surface area (Å²) in [6.45, 7) is 2.94. The van der Waals surface area contributed by atoms with E-state index in [2.05, 4.69) is 5.10 Å². The first-order chi connectivity index (χ1) is 13.5. The normalized spacial score (nSPS) is 17.8. The molecule has 0 saturated carbocycles. The van der Waals surface area contributed by atoms with Crippen LogP contribution in [0.1, 0.15) is 23.1 Å². The molecule has 4 rings (SSSR count). The molecule has 2 aliphatic heterocycles. The number of hydrogen-bond acceptors (Lipinski definition) is 4. The van der Waals surface area contributed by atoms with Gasteiger partial charge in [0, 0.05) is 33.1 Å². The summed E-state index contributed by atoms with van der Waals surface area (Å²) in [6.07, 6.45) is -0.174. The van der Waals surface area contributed by atoms with Crippen LogP contribution in [0.2, 0.25) is 0 Å². The predicted molar refractivity (Wildman–Crippen MR) is 102 cm³/mol. The van der Waals surface area contributed by atoms with Crippen molar-refractivity contribution in [3.63, 3.8) is 0 Å². The fourth-order valence-corrected chi connectivity index (χ4v) is 3.72. The van der Waals surface area contributed by atoms with Crippen LogP contribution in [-0.4, -0.2) is 74.8 Å². The maximum atomic E-state index is 12.6. The number of aliphatic hydroxyl groups is 1. The second kappa shape index (κ2) is 7.63. The predicted octanol–water partition coefficient (Wildman–Crippen LogP) is 0.869. The molecule has 8 nitrogen and oxygen atoms in total. The van der Waals surface area contributed by atoms with Gasteiger partial charge in [-0.15, -0.1) is 0 Å². The highest BCUT2D eigenvalue weighted by Crippen LogP contribution is 2.21. The van der Waals surface area contributed by atoms with Crippen molar-refractivity contribution < 1.29 is 14.7 Å². The molecule has 2 aromatic rings. The third-order valence-electron chi connectivity index (χ3n) is 5.41. The quantitative estimate of drug-likeness (QED) is 0.831. The van der Waals surface area contributed by atoms with Crippen molar-refractivity contribution in [3.05, 3.63) is 53.3 Å². The van der Waals surface area contributed by atoms with E-state index in [0.29, 0.717) is 44.8 Å². The van der Waals surface area contributed by atoms with Crippen molar-refractivity contribution in [2.45, 2.75) is 25.6 Å². The van der Waals surface area contributed by atoms with Gasteiger partial charge in [-0.2, -0.15) is 5.10 Å². The maximum Gasteiger partial charge on any atom is 0.320 e. The van der Waals surface area contributed by atoms with Crippen LogP contribution in [0.4, 0.5) is 4.79 Å². The number of benzene rings is 1. The highest BCUT2D eigenvalue weighted by Gasteiger charge is 2.30. The summed E-state index contributed by atoms with van der Waals surface area (Å²) in [7, 11) is 1.74. The molecule has 3 heterocycles. The molecule has 28 heavy (non-hydrogen) atoms. The van der Waals surface area contributed by atoms with Crippen LogP contribution in [0.3, 0.4) is 0 Å². The average molecular weight is 383 g/mol. The minimum absolute atomic E-state index is 0.0533.